The number of fused-ring (bicyclic) bond motifs is 2. The summed E-state index contributed by atoms with van der Waals surface area (Å²) in [6.07, 6.45) is 1.87. The third-order valence-corrected chi connectivity index (χ3v) is 6.18. The summed E-state index contributed by atoms with van der Waals surface area (Å²) in [6.45, 7) is 5.40. The van der Waals surface area contributed by atoms with E-state index < -0.39 is 0 Å². The van der Waals surface area contributed by atoms with Gasteiger partial charge in [0.25, 0.3) is 5.91 Å². The average molecular weight is 417 g/mol. The molecule has 2 aromatic carbocycles. The number of nitrogens with zero attached hydrogens (tertiary/aromatic N) is 3. The van der Waals surface area contributed by atoms with Crippen molar-refractivity contribution < 1.29 is 9.53 Å². The van der Waals surface area contributed by atoms with E-state index in [9.17, 15) is 4.79 Å². The standard InChI is InChI=1S/C25H28N4O2/c30-25(27-29-14-16-31-17-15-29)24-20-8-4-5-9-22(20)26-23-11-13-28(18-21(23)24)12-10-19-6-2-1-3-7-19/h1-9H,10-18H2,(H,27,30). The lowest BCUT2D eigenvalue weighted by molar-refractivity contribution is 0.0126. The van der Waals surface area contributed by atoms with Crippen molar-refractivity contribution in [2.45, 2.75) is 19.4 Å². The Hall–Kier alpha value is -2.80. The molecule has 160 valence electrons. The summed E-state index contributed by atoms with van der Waals surface area (Å²) in [5, 5.41) is 2.89. The molecule has 0 aliphatic carbocycles. The third kappa shape index (κ3) is 4.46. The Kier molecular flexibility index (Phi) is 5.93. The Bertz CT molecular complexity index is 1060. The molecule has 31 heavy (non-hydrogen) atoms. The molecule has 3 heterocycles. The van der Waals surface area contributed by atoms with E-state index in [4.69, 9.17) is 9.72 Å². The average Bonchev–Trinajstić information content (AvgIpc) is 2.82. The van der Waals surface area contributed by atoms with Gasteiger partial charge in [0.1, 0.15) is 0 Å². The number of morpholine rings is 1. The second kappa shape index (κ2) is 9.14. The van der Waals surface area contributed by atoms with Crippen molar-refractivity contribution in [3.8, 4) is 0 Å². The van der Waals surface area contributed by atoms with Crippen LogP contribution in [0.2, 0.25) is 0 Å². The number of pyridine rings is 1. The van der Waals surface area contributed by atoms with E-state index in [0.29, 0.717) is 26.3 Å². The van der Waals surface area contributed by atoms with Gasteiger partial charge in [0, 0.05) is 55.8 Å². The molecule has 6 heteroatoms. The second-order valence-electron chi connectivity index (χ2n) is 8.23. The molecule has 0 unspecified atom stereocenters. The zero-order chi connectivity index (χ0) is 21.0. The van der Waals surface area contributed by atoms with Crippen molar-refractivity contribution in [2.24, 2.45) is 0 Å². The van der Waals surface area contributed by atoms with Crippen LogP contribution in [0.3, 0.4) is 0 Å². The molecule has 0 saturated carbocycles. The van der Waals surface area contributed by atoms with Crippen LogP contribution >= 0.6 is 0 Å². The van der Waals surface area contributed by atoms with E-state index in [1.807, 2.05) is 29.3 Å². The zero-order valence-electron chi connectivity index (χ0n) is 17.7. The number of hydrogen-bond acceptors (Lipinski definition) is 5. The Morgan fingerprint density at radius 2 is 1.77 bits per heavy atom. The van der Waals surface area contributed by atoms with Gasteiger partial charge in [-0.05, 0) is 18.1 Å². The van der Waals surface area contributed by atoms with Gasteiger partial charge in [-0.25, -0.2) is 5.01 Å². The number of nitrogens with one attached hydrogen (secondary N) is 1. The maximum absolute atomic E-state index is 13.4. The van der Waals surface area contributed by atoms with Crippen molar-refractivity contribution in [3.05, 3.63) is 77.0 Å². The number of rotatable bonds is 5. The molecule has 0 spiro atoms. The van der Waals surface area contributed by atoms with E-state index in [0.717, 1.165) is 60.2 Å². The topological polar surface area (TPSA) is 57.7 Å². The molecule has 1 fully saturated rings. The minimum Gasteiger partial charge on any atom is -0.379 e. The lowest BCUT2D eigenvalue weighted by Crippen LogP contribution is -2.48. The van der Waals surface area contributed by atoms with Gasteiger partial charge >= 0.3 is 0 Å². The fraction of sp³-hybridized carbons (Fsp3) is 0.360. The van der Waals surface area contributed by atoms with E-state index in [1.165, 1.54) is 5.56 Å². The first-order valence-corrected chi connectivity index (χ1v) is 11.1. The van der Waals surface area contributed by atoms with Gasteiger partial charge in [0.05, 0.1) is 24.3 Å². The first-order chi connectivity index (χ1) is 15.3. The molecule has 1 aromatic heterocycles. The number of para-hydroxylation sites is 1. The number of hydrogen-bond donors (Lipinski definition) is 1. The summed E-state index contributed by atoms with van der Waals surface area (Å²) in [4.78, 5) is 20.8. The molecule has 1 N–H and O–H groups in total. The van der Waals surface area contributed by atoms with Crippen LogP contribution in [-0.2, 0) is 24.1 Å². The van der Waals surface area contributed by atoms with Crippen molar-refractivity contribution >= 4 is 16.8 Å². The second-order valence-corrected chi connectivity index (χ2v) is 8.23. The van der Waals surface area contributed by atoms with Crippen molar-refractivity contribution in [1.29, 1.82) is 0 Å². The summed E-state index contributed by atoms with van der Waals surface area (Å²) in [7, 11) is 0. The minimum atomic E-state index is -0.0401. The smallest absolute Gasteiger partial charge is 0.266 e. The predicted molar refractivity (Wildman–Crippen MR) is 121 cm³/mol. The van der Waals surface area contributed by atoms with Gasteiger partial charge in [0.2, 0.25) is 0 Å². The van der Waals surface area contributed by atoms with Gasteiger partial charge in [-0.15, -0.1) is 0 Å². The Labute approximate surface area is 182 Å². The highest BCUT2D eigenvalue weighted by Gasteiger charge is 2.26. The van der Waals surface area contributed by atoms with Gasteiger partial charge < -0.3 is 4.74 Å². The van der Waals surface area contributed by atoms with E-state index in [-0.39, 0.29) is 5.91 Å². The number of ether oxygens (including phenoxy) is 1. The van der Waals surface area contributed by atoms with Gasteiger partial charge in [-0.2, -0.15) is 0 Å². The third-order valence-electron chi connectivity index (χ3n) is 6.18. The number of carbonyl (C=O) groups excluding carboxylic acids is 1. The molecular weight excluding hydrogens is 388 g/mol. The van der Waals surface area contributed by atoms with Gasteiger partial charge in [-0.3, -0.25) is 20.1 Å². The van der Waals surface area contributed by atoms with Crippen LogP contribution in [-0.4, -0.2) is 60.2 Å². The van der Waals surface area contributed by atoms with Crippen LogP contribution in [0.15, 0.2) is 54.6 Å². The Morgan fingerprint density at radius 1 is 1.00 bits per heavy atom. The van der Waals surface area contributed by atoms with Crippen LogP contribution in [0.4, 0.5) is 0 Å². The highest BCUT2D eigenvalue weighted by Crippen LogP contribution is 2.28. The first kappa shape index (κ1) is 20.1. The molecule has 0 atom stereocenters. The maximum Gasteiger partial charge on any atom is 0.266 e. The molecule has 2 aliphatic rings. The monoisotopic (exact) mass is 416 g/mol. The van der Waals surface area contributed by atoms with Crippen LogP contribution in [0.1, 0.15) is 27.2 Å². The molecule has 5 rings (SSSR count). The molecule has 3 aromatic rings. The number of carbonyl (C=O) groups is 1. The van der Waals surface area contributed by atoms with Gasteiger partial charge in [0.15, 0.2) is 0 Å². The lowest BCUT2D eigenvalue weighted by atomic mass is 9.95. The zero-order valence-corrected chi connectivity index (χ0v) is 17.7. The Morgan fingerprint density at radius 3 is 2.61 bits per heavy atom. The molecule has 2 aliphatic heterocycles. The quantitative estimate of drug-likeness (QED) is 0.693. The molecule has 0 radical (unpaired) electrons. The Balaban J connectivity index is 1.42. The predicted octanol–water partition coefficient (Wildman–Crippen LogP) is 2.81. The fourth-order valence-electron chi connectivity index (χ4n) is 4.50. The van der Waals surface area contributed by atoms with Crippen LogP contribution in [0, 0.1) is 0 Å². The van der Waals surface area contributed by atoms with Gasteiger partial charge in [-0.1, -0.05) is 48.5 Å². The number of aromatic nitrogens is 1. The number of amides is 1. The summed E-state index contributed by atoms with van der Waals surface area (Å²) in [6, 6.07) is 18.6. The summed E-state index contributed by atoms with van der Waals surface area (Å²) < 4.78 is 5.42. The molecular formula is C25H28N4O2. The number of hydrazine groups is 1. The molecule has 1 saturated heterocycles. The van der Waals surface area contributed by atoms with Crippen molar-refractivity contribution in [1.82, 2.24) is 20.3 Å². The van der Waals surface area contributed by atoms with E-state index in [1.54, 1.807) is 0 Å². The van der Waals surface area contributed by atoms with Crippen LogP contribution in [0.25, 0.3) is 10.9 Å². The SMILES string of the molecule is O=C(NN1CCOCC1)c1c2c(nc3ccccc13)CCN(CCc1ccccc1)C2. The molecule has 1 amide bonds. The summed E-state index contributed by atoms with van der Waals surface area (Å²) in [5.41, 5.74) is 8.26. The highest BCUT2D eigenvalue weighted by molar-refractivity contribution is 6.07. The molecule has 0 bridgehead atoms. The van der Waals surface area contributed by atoms with E-state index >= 15 is 0 Å². The fourth-order valence-corrected chi connectivity index (χ4v) is 4.50. The summed E-state index contributed by atoms with van der Waals surface area (Å²) in [5.74, 6) is -0.0401. The largest absolute Gasteiger partial charge is 0.379 e. The van der Waals surface area contributed by atoms with Crippen LogP contribution in [0.5, 0.6) is 0 Å². The lowest BCUT2D eigenvalue weighted by Gasteiger charge is -2.31. The van der Waals surface area contributed by atoms with Crippen molar-refractivity contribution in [3.63, 3.8) is 0 Å². The normalized spacial score (nSPS) is 17.4. The molecule has 6 nitrogen and oxygen atoms in total. The minimum absolute atomic E-state index is 0.0401. The van der Waals surface area contributed by atoms with Crippen LogP contribution < -0.4 is 5.43 Å². The maximum atomic E-state index is 13.4. The van der Waals surface area contributed by atoms with Crippen molar-refractivity contribution in [2.75, 3.05) is 39.4 Å². The summed E-state index contributed by atoms with van der Waals surface area (Å²) >= 11 is 0. The van der Waals surface area contributed by atoms with E-state index in [2.05, 4.69) is 40.7 Å². The first-order valence-electron chi connectivity index (χ1n) is 11.1. The highest BCUT2D eigenvalue weighted by atomic mass is 16.5. The number of benzene rings is 2.